The predicted molar refractivity (Wildman–Crippen MR) is 128 cm³/mol. The Morgan fingerprint density at radius 3 is 1.12 bits per heavy atom. The number of carbonyl (C=O) groups is 3. The van der Waals surface area contributed by atoms with E-state index < -0.39 is 26.7 Å². The summed E-state index contributed by atoms with van der Waals surface area (Å²) in [5.41, 5.74) is 16.7. The molecule has 0 saturated carbocycles. The van der Waals surface area contributed by atoms with Gasteiger partial charge in [0, 0.05) is 35.3 Å². The first kappa shape index (κ1) is 24.0. The fourth-order valence-corrected chi connectivity index (χ4v) is 3.60. The second-order valence-electron chi connectivity index (χ2n) is 6.55. The number of hydrogen-bond donors (Lipinski definition) is 6. The second kappa shape index (κ2) is 11.2. The van der Waals surface area contributed by atoms with E-state index in [1.807, 2.05) is 0 Å². The van der Waals surface area contributed by atoms with Crippen molar-refractivity contribution in [1.29, 1.82) is 0 Å². The van der Waals surface area contributed by atoms with Crippen LogP contribution >= 0.6 is 8.60 Å². The van der Waals surface area contributed by atoms with Gasteiger partial charge in [-0.05, 0) is 36.4 Å². The van der Waals surface area contributed by atoms with Crippen LogP contribution in [0.4, 0.5) is 31.4 Å². The first-order valence-electron chi connectivity index (χ1n) is 9.60. The van der Waals surface area contributed by atoms with Crippen LogP contribution in [0.15, 0.2) is 72.8 Å². The van der Waals surface area contributed by atoms with Gasteiger partial charge in [-0.15, -0.1) is 0 Å². The van der Waals surface area contributed by atoms with Crippen molar-refractivity contribution in [3.05, 3.63) is 72.8 Å². The number of hydrogen-bond acceptors (Lipinski definition) is 6. The zero-order valence-corrected chi connectivity index (χ0v) is 18.5. The maximum atomic E-state index is 11.1. The van der Waals surface area contributed by atoms with Crippen molar-refractivity contribution in [1.82, 2.24) is 0 Å². The summed E-state index contributed by atoms with van der Waals surface area (Å²) in [5.74, 6) is 0.945. The van der Waals surface area contributed by atoms with Crippen molar-refractivity contribution in [2.45, 2.75) is 0 Å². The lowest BCUT2D eigenvalue weighted by atomic mass is 10.3. The molecule has 0 atom stereocenters. The molecule has 12 nitrogen and oxygen atoms in total. The van der Waals surface area contributed by atoms with E-state index in [0.29, 0.717) is 34.3 Å². The van der Waals surface area contributed by atoms with Gasteiger partial charge in [-0.3, -0.25) is 0 Å². The van der Waals surface area contributed by atoms with Crippen molar-refractivity contribution in [2.75, 3.05) is 16.0 Å². The molecule has 0 spiro atoms. The first-order valence-corrected chi connectivity index (χ1v) is 10.7. The highest BCUT2D eigenvalue weighted by Gasteiger charge is 2.21. The van der Waals surface area contributed by atoms with E-state index in [1.54, 1.807) is 54.6 Å². The Morgan fingerprint density at radius 1 is 0.559 bits per heavy atom. The van der Waals surface area contributed by atoms with Gasteiger partial charge >= 0.3 is 26.7 Å². The smallest absolute Gasteiger partial charge is 0.408 e. The van der Waals surface area contributed by atoms with Crippen LogP contribution in [-0.4, -0.2) is 18.1 Å². The summed E-state index contributed by atoms with van der Waals surface area (Å²) in [6, 6.07) is 17.1. The molecule has 0 aliphatic rings. The summed E-state index contributed by atoms with van der Waals surface area (Å²) in [7, 11) is -2.12. The average Bonchev–Trinajstić information content (AvgIpc) is 2.73. The van der Waals surface area contributed by atoms with Crippen LogP contribution in [0.5, 0.6) is 17.2 Å². The molecule has 0 aliphatic carbocycles. The molecule has 3 aromatic rings. The molecule has 0 fully saturated rings. The number of urea groups is 3. The van der Waals surface area contributed by atoms with Gasteiger partial charge in [0.2, 0.25) is 0 Å². The summed E-state index contributed by atoms with van der Waals surface area (Å²) in [6.07, 6.45) is 0. The Morgan fingerprint density at radius 2 is 0.853 bits per heavy atom. The van der Waals surface area contributed by atoms with Crippen molar-refractivity contribution < 1.29 is 28.0 Å². The Bertz CT molecular complexity index is 1050. The largest absolute Gasteiger partial charge is 0.530 e. The SMILES string of the molecule is NC(=O)Nc1cccc(OP(Oc2cccc(NC(N)=O)c2)Oc2cccc(NC(N)=O)c2)c1. The molecular weight excluding hydrogens is 463 g/mol. The normalized spacial score (nSPS) is 10.1. The number of rotatable bonds is 9. The molecule has 0 bridgehead atoms. The molecule has 6 amide bonds. The van der Waals surface area contributed by atoms with E-state index in [9.17, 15) is 14.4 Å². The standard InChI is InChI=1S/C21H21N6O6P/c22-19(28)25-13-4-1-7-16(10-13)31-34(32-17-8-2-5-14(11-17)26-20(23)29)33-18-9-3-6-15(12-18)27-21(24)30/h1-12H,(H3,22,25,28)(H3,23,26,29)(H3,24,27,30). The van der Waals surface area contributed by atoms with Gasteiger partial charge in [0.05, 0.1) is 0 Å². The number of primary amides is 3. The van der Waals surface area contributed by atoms with Crippen LogP contribution in [0.3, 0.4) is 0 Å². The van der Waals surface area contributed by atoms with Gasteiger partial charge in [0.15, 0.2) is 0 Å². The summed E-state index contributed by atoms with van der Waals surface area (Å²) >= 11 is 0. The number of anilines is 3. The molecule has 0 radical (unpaired) electrons. The van der Waals surface area contributed by atoms with Crippen LogP contribution in [0.25, 0.3) is 0 Å². The van der Waals surface area contributed by atoms with Gasteiger partial charge in [-0.1, -0.05) is 18.2 Å². The molecule has 0 saturated heterocycles. The van der Waals surface area contributed by atoms with Gasteiger partial charge in [0.25, 0.3) is 0 Å². The predicted octanol–water partition coefficient (Wildman–Crippen LogP) is 3.92. The van der Waals surface area contributed by atoms with E-state index in [0.717, 1.165) is 0 Å². The van der Waals surface area contributed by atoms with Crippen molar-refractivity contribution in [2.24, 2.45) is 17.2 Å². The zero-order valence-electron chi connectivity index (χ0n) is 17.6. The van der Waals surface area contributed by atoms with E-state index in [1.165, 1.54) is 18.2 Å². The third-order valence-electron chi connectivity index (χ3n) is 3.84. The van der Waals surface area contributed by atoms with Crippen LogP contribution in [-0.2, 0) is 0 Å². The molecule has 0 unspecified atom stereocenters. The second-order valence-corrected chi connectivity index (χ2v) is 7.54. The molecule has 3 rings (SSSR count). The molecule has 13 heteroatoms. The number of benzene rings is 3. The van der Waals surface area contributed by atoms with Crippen molar-refractivity contribution in [3.8, 4) is 17.2 Å². The van der Waals surface area contributed by atoms with Gasteiger partial charge in [-0.25, -0.2) is 14.4 Å². The maximum absolute atomic E-state index is 11.1. The number of carbonyl (C=O) groups excluding carboxylic acids is 3. The van der Waals surface area contributed by atoms with Crippen LogP contribution in [0, 0.1) is 0 Å². The minimum atomic E-state index is -2.12. The quantitative estimate of drug-likeness (QED) is 0.249. The van der Waals surface area contributed by atoms with E-state index in [4.69, 9.17) is 30.8 Å². The fourth-order valence-electron chi connectivity index (χ4n) is 2.63. The van der Waals surface area contributed by atoms with Crippen LogP contribution in [0.2, 0.25) is 0 Å². The minimum absolute atomic E-state index is 0.315. The van der Waals surface area contributed by atoms with E-state index >= 15 is 0 Å². The van der Waals surface area contributed by atoms with Gasteiger partial charge in [0.1, 0.15) is 17.2 Å². The lowest BCUT2D eigenvalue weighted by Crippen LogP contribution is -2.19. The maximum Gasteiger partial charge on any atom is 0.530 e. The Hall–Kier alpha value is -4.70. The van der Waals surface area contributed by atoms with Gasteiger partial charge < -0.3 is 46.7 Å². The van der Waals surface area contributed by atoms with Crippen LogP contribution < -0.4 is 46.7 Å². The highest BCUT2D eigenvalue weighted by molar-refractivity contribution is 7.43. The third kappa shape index (κ3) is 7.77. The molecular formula is C21H21N6O6P. The van der Waals surface area contributed by atoms with E-state index in [-0.39, 0.29) is 0 Å². The van der Waals surface area contributed by atoms with E-state index in [2.05, 4.69) is 16.0 Å². The molecule has 0 aromatic heterocycles. The lowest BCUT2D eigenvalue weighted by molar-refractivity contribution is 0.258. The average molecular weight is 484 g/mol. The Balaban J connectivity index is 1.85. The van der Waals surface area contributed by atoms with Crippen molar-refractivity contribution in [3.63, 3.8) is 0 Å². The summed E-state index contributed by atoms with van der Waals surface area (Å²) in [6.45, 7) is 0. The topological polar surface area (TPSA) is 193 Å². The number of nitrogens with one attached hydrogen (secondary N) is 3. The molecule has 0 aliphatic heterocycles. The first-order chi connectivity index (χ1) is 16.3. The molecule has 0 heterocycles. The molecule has 3 aromatic carbocycles. The van der Waals surface area contributed by atoms with Gasteiger partial charge in [-0.2, -0.15) is 0 Å². The monoisotopic (exact) mass is 484 g/mol. The number of nitrogens with two attached hydrogens (primary N) is 3. The summed E-state index contributed by atoms with van der Waals surface area (Å²) in [4.78, 5) is 33.4. The fraction of sp³-hybridized carbons (Fsp3) is 0. The van der Waals surface area contributed by atoms with Crippen LogP contribution in [0.1, 0.15) is 0 Å². The molecule has 9 N–H and O–H groups in total. The number of amides is 6. The lowest BCUT2D eigenvalue weighted by Gasteiger charge is -2.19. The highest BCUT2D eigenvalue weighted by atomic mass is 31.2. The highest BCUT2D eigenvalue weighted by Crippen LogP contribution is 2.43. The Labute approximate surface area is 195 Å². The summed E-state index contributed by atoms with van der Waals surface area (Å²) < 4.78 is 17.7. The molecule has 34 heavy (non-hydrogen) atoms. The van der Waals surface area contributed by atoms with Crippen molar-refractivity contribution >= 4 is 43.8 Å². The zero-order chi connectivity index (χ0) is 24.5. The minimum Gasteiger partial charge on any atom is -0.408 e. The summed E-state index contributed by atoms with van der Waals surface area (Å²) in [5, 5.41) is 7.35. The third-order valence-corrected chi connectivity index (χ3v) is 4.92. The molecule has 176 valence electrons. The Kier molecular flexibility index (Phi) is 7.93.